The zero-order valence-corrected chi connectivity index (χ0v) is 12.6. The number of carbonyl (C=O) groups is 1. The Morgan fingerprint density at radius 2 is 1.80 bits per heavy atom. The standard InChI is InChI=1S/C18H25NO/c1-15(2)11-12-17(19-13-7-4-8-14-19)18(20)16-9-5-3-6-10-16/h3,5-6,9-11,17H,4,7-8,12-14H2,1-2H3. The SMILES string of the molecule is CC(C)=CCC(C(=O)c1ccccc1)N1CCCCC1. The third-order valence-electron chi connectivity index (χ3n) is 3.94. The summed E-state index contributed by atoms with van der Waals surface area (Å²) in [6, 6.07) is 9.72. The predicted molar refractivity (Wildman–Crippen MR) is 84.0 cm³/mol. The van der Waals surface area contributed by atoms with Crippen LogP contribution in [-0.4, -0.2) is 29.8 Å². The van der Waals surface area contributed by atoms with Gasteiger partial charge in [0.15, 0.2) is 5.78 Å². The smallest absolute Gasteiger partial charge is 0.180 e. The first-order valence-corrected chi connectivity index (χ1v) is 7.65. The van der Waals surface area contributed by atoms with Gasteiger partial charge in [-0.3, -0.25) is 9.69 Å². The maximum absolute atomic E-state index is 12.8. The molecule has 0 aliphatic carbocycles. The zero-order chi connectivity index (χ0) is 14.4. The van der Waals surface area contributed by atoms with Crippen LogP contribution in [0.3, 0.4) is 0 Å². The van der Waals surface area contributed by atoms with Gasteiger partial charge in [-0.1, -0.05) is 48.4 Å². The second-order valence-electron chi connectivity index (χ2n) is 5.86. The Balaban J connectivity index is 2.16. The molecular weight excluding hydrogens is 246 g/mol. The van der Waals surface area contributed by atoms with Gasteiger partial charge in [-0.2, -0.15) is 0 Å². The van der Waals surface area contributed by atoms with Gasteiger partial charge in [-0.05, 0) is 46.2 Å². The average molecular weight is 271 g/mol. The highest BCUT2D eigenvalue weighted by Gasteiger charge is 2.26. The van der Waals surface area contributed by atoms with E-state index in [1.54, 1.807) is 0 Å². The van der Waals surface area contributed by atoms with Gasteiger partial charge in [0.1, 0.15) is 0 Å². The van der Waals surface area contributed by atoms with Crippen LogP contribution in [0, 0.1) is 0 Å². The maximum atomic E-state index is 12.8. The van der Waals surface area contributed by atoms with E-state index in [0.717, 1.165) is 25.1 Å². The number of nitrogens with zero attached hydrogens (tertiary/aromatic N) is 1. The van der Waals surface area contributed by atoms with Crippen LogP contribution in [0.25, 0.3) is 0 Å². The summed E-state index contributed by atoms with van der Waals surface area (Å²) in [6.45, 7) is 6.31. The monoisotopic (exact) mass is 271 g/mol. The molecule has 0 bridgehead atoms. The molecule has 1 aromatic carbocycles. The lowest BCUT2D eigenvalue weighted by molar-refractivity contribution is 0.0786. The minimum atomic E-state index is 0.00704. The van der Waals surface area contributed by atoms with Gasteiger partial charge in [0.25, 0.3) is 0 Å². The van der Waals surface area contributed by atoms with E-state index < -0.39 is 0 Å². The fourth-order valence-corrected chi connectivity index (χ4v) is 2.79. The number of rotatable bonds is 5. The van der Waals surface area contributed by atoms with Gasteiger partial charge in [-0.25, -0.2) is 0 Å². The fourth-order valence-electron chi connectivity index (χ4n) is 2.79. The van der Waals surface area contributed by atoms with Crippen LogP contribution in [0.2, 0.25) is 0 Å². The molecule has 0 aromatic heterocycles. The van der Waals surface area contributed by atoms with Crippen molar-refractivity contribution < 1.29 is 4.79 Å². The molecule has 20 heavy (non-hydrogen) atoms. The molecule has 2 nitrogen and oxygen atoms in total. The molecule has 2 heteroatoms. The van der Waals surface area contributed by atoms with Crippen LogP contribution in [-0.2, 0) is 0 Å². The summed E-state index contributed by atoms with van der Waals surface area (Å²) in [5.74, 6) is 0.269. The summed E-state index contributed by atoms with van der Waals surface area (Å²) >= 11 is 0. The molecule has 0 spiro atoms. The van der Waals surface area contributed by atoms with Crippen molar-refractivity contribution in [3.05, 3.63) is 47.5 Å². The maximum Gasteiger partial charge on any atom is 0.180 e. The molecule has 108 valence electrons. The van der Waals surface area contributed by atoms with E-state index in [9.17, 15) is 4.79 Å². The number of hydrogen-bond donors (Lipinski definition) is 0. The van der Waals surface area contributed by atoms with Gasteiger partial charge >= 0.3 is 0 Å². The van der Waals surface area contributed by atoms with Gasteiger partial charge in [0.2, 0.25) is 0 Å². The number of hydrogen-bond acceptors (Lipinski definition) is 2. The van der Waals surface area contributed by atoms with Crippen LogP contribution in [0.5, 0.6) is 0 Å². The molecule has 0 saturated carbocycles. The first-order chi connectivity index (χ1) is 9.68. The second-order valence-corrected chi connectivity index (χ2v) is 5.86. The number of likely N-dealkylation sites (tertiary alicyclic amines) is 1. The Morgan fingerprint density at radius 1 is 1.15 bits per heavy atom. The highest BCUT2D eigenvalue weighted by Crippen LogP contribution is 2.19. The molecule has 1 aliphatic heterocycles. The Labute approximate surface area is 122 Å². The van der Waals surface area contributed by atoms with Crippen molar-refractivity contribution in [2.45, 2.75) is 45.6 Å². The fraction of sp³-hybridized carbons (Fsp3) is 0.500. The Hall–Kier alpha value is -1.41. The zero-order valence-electron chi connectivity index (χ0n) is 12.6. The predicted octanol–water partition coefficient (Wildman–Crippen LogP) is 4.08. The van der Waals surface area contributed by atoms with E-state index in [4.69, 9.17) is 0 Å². The van der Waals surface area contributed by atoms with E-state index in [1.807, 2.05) is 30.3 Å². The summed E-state index contributed by atoms with van der Waals surface area (Å²) < 4.78 is 0. The first-order valence-electron chi connectivity index (χ1n) is 7.65. The Morgan fingerprint density at radius 3 is 2.40 bits per heavy atom. The largest absolute Gasteiger partial charge is 0.293 e. The molecule has 0 N–H and O–H groups in total. The third kappa shape index (κ3) is 4.04. The number of ketones is 1. The van der Waals surface area contributed by atoms with E-state index in [2.05, 4.69) is 24.8 Å². The lowest BCUT2D eigenvalue weighted by Crippen LogP contribution is -2.43. The molecule has 1 aliphatic rings. The number of piperidine rings is 1. The number of allylic oxidation sites excluding steroid dienone is 1. The minimum Gasteiger partial charge on any atom is -0.293 e. The molecule has 1 saturated heterocycles. The van der Waals surface area contributed by atoms with E-state index in [0.29, 0.717) is 0 Å². The van der Waals surface area contributed by atoms with Crippen molar-refractivity contribution in [3.63, 3.8) is 0 Å². The summed E-state index contributed by atoms with van der Waals surface area (Å²) in [5.41, 5.74) is 2.12. The van der Waals surface area contributed by atoms with Gasteiger partial charge in [0.05, 0.1) is 6.04 Å². The van der Waals surface area contributed by atoms with Crippen molar-refractivity contribution in [3.8, 4) is 0 Å². The number of carbonyl (C=O) groups excluding carboxylic acids is 1. The molecule has 2 rings (SSSR count). The summed E-state index contributed by atoms with van der Waals surface area (Å²) in [6.07, 6.45) is 6.75. The Kier molecular flexibility index (Phi) is 5.54. The quantitative estimate of drug-likeness (QED) is 0.594. The van der Waals surface area contributed by atoms with Gasteiger partial charge < -0.3 is 0 Å². The third-order valence-corrected chi connectivity index (χ3v) is 3.94. The molecular formula is C18H25NO. The van der Waals surface area contributed by atoms with Crippen LogP contribution in [0.4, 0.5) is 0 Å². The molecule has 1 atom stereocenters. The lowest BCUT2D eigenvalue weighted by atomic mass is 9.97. The summed E-state index contributed by atoms with van der Waals surface area (Å²) in [5, 5.41) is 0. The summed E-state index contributed by atoms with van der Waals surface area (Å²) in [4.78, 5) is 15.2. The van der Waals surface area contributed by atoms with E-state index >= 15 is 0 Å². The van der Waals surface area contributed by atoms with Crippen molar-refractivity contribution >= 4 is 5.78 Å². The lowest BCUT2D eigenvalue weighted by Gasteiger charge is -2.33. The second kappa shape index (κ2) is 7.39. The van der Waals surface area contributed by atoms with E-state index in [-0.39, 0.29) is 11.8 Å². The van der Waals surface area contributed by atoms with Gasteiger partial charge in [0, 0.05) is 5.56 Å². The van der Waals surface area contributed by atoms with Crippen molar-refractivity contribution in [1.82, 2.24) is 4.90 Å². The number of benzene rings is 1. The topological polar surface area (TPSA) is 20.3 Å². The van der Waals surface area contributed by atoms with Crippen LogP contribution >= 0.6 is 0 Å². The molecule has 1 aromatic rings. The molecule has 0 amide bonds. The molecule has 1 heterocycles. The Bertz CT molecular complexity index is 454. The molecule has 1 unspecified atom stereocenters. The van der Waals surface area contributed by atoms with Crippen LogP contribution in [0.1, 0.15) is 49.9 Å². The summed E-state index contributed by atoms with van der Waals surface area (Å²) in [7, 11) is 0. The van der Waals surface area contributed by atoms with Crippen LogP contribution < -0.4 is 0 Å². The van der Waals surface area contributed by atoms with Crippen molar-refractivity contribution in [2.75, 3.05) is 13.1 Å². The normalized spacial score (nSPS) is 17.5. The first kappa shape index (κ1) is 15.0. The number of Topliss-reactive ketones (excluding diaryl/α,β-unsaturated/α-hetero) is 1. The average Bonchev–Trinajstić information content (AvgIpc) is 2.49. The van der Waals surface area contributed by atoms with Crippen LogP contribution in [0.15, 0.2) is 42.0 Å². The molecule has 0 radical (unpaired) electrons. The van der Waals surface area contributed by atoms with E-state index in [1.165, 1.54) is 24.8 Å². The van der Waals surface area contributed by atoms with Crippen molar-refractivity contribution in [2.24, 2.45) is 0 Å². The minimum absolute atomic E-state index is 0.00704. The highest BCUT2D eigenvalue weighted by molar-refractivity contribution is 6.00. The highest BCUT2D eigenvalue weighted by atomic mass is 16.1. The van der Waals surface area contributed by atoms with Crippen molar-refractivity contribution in [1.29, 1.82) is 0 Å². The van der Waals surface area contributed by atoms with Gasteiger partial charge in [-0.15, -0.1) is 0 Å². The molecule has 1 fully saturated rings.